The highest BCUT2D eigenvalue weighted by atomic mass is 16.5. The standard InChI is InChI=1S/C31H36N4O4/c1-4-31(2,3)24-12-13-27-26(19-24)35(29(36)22-38-27)20-28-32-25(21-39-28)30(37)34-17-15-33(16-18-34)14-8-11-23-9-6-5-7-10-23/h5-13,19,21H,4,14-18,20,22H2,1-3H3. The van der Waals surface area contributed by atoms with Crippen LogP contribution in [-0.4, -0.2) is 65.9 Å². The van der Waals surface area contributed by atoms with Crippen molar-refractivity contribution in [3.8, 4) is 5.75 Å². The van der Waals surface area contributed by atoms with Crippen LogP contribution in [-0.2, 0) is 16.8 Å². The van der Waals surface area contributed by atoms with Crippen molar-refractivity contribution in [2.45, 2.75) is 39.2 Å². The largest absolute Gasteiger partial charge is 0.482 e. The van der Waals surface area contributed by atoms with E-state index in [2.05, 4.69) is 61.0 Å². The van der Waals surface area contributed by atoms with Crippen LogP contribution in [0.15, 0.2) is 65.3 Å². The first-order valence-electron chi connectivity index (χ1n) is 13.6. The van der Waals surface area contributed by atoms with Crippen molar-refractivity contribution in [3.63, 3.8) is 0 Å². The first kappa shape index (κ1) is 26.7. The predicted molar refractivity (Wildman–Crippen MR) is 151 cm³/mol. The molecule has 2 aliphatic rings. The summed E-state index contributed by atoms with van der Waals surface area (Å²) >= 11 is 0. The molecule has 39 heavy (non-hydrogen) atoms. The molecular weight excluding hydrogens is 492 g/mol. The monoisotopic (exact) mass is 528 g/mol. The topological polar surface area (TPSA) is 79.1 Å². The molecule has 2 amide bonds. The van der Waals surface area contributed by atoms with Crippen LogP contribution < -0.4 is 9.64 Å². The molecule has 0 N–H and O–H groups in total. The second-order valence-electron chi connectivity index (χ2n) is 10.7. The third kappa shape index (κ3) is 6.06. The second-order valence-corrected chi connectivity index (χ2v) is 10.7. The van der Waals surface area contributed by atoms with Crippen molar-refractivity contribution >= 4 is 23.6 Å². The molecule has 1 fully saturated rings. The Kier molecular flexibility index (Phi) is 7.84. The lowest BCUT2D eigenvalue weighted by atomic mass is 9.82. The number of carbonyl (C=O) groups is 2. The Bertz CT molecular complexity index is 1340. The molecular formula is C31H36N4O4. The van der Waals surface area contributed by atoms with Gasteiger partial charge in [-0.2, -0.15) is 0 Å². The molecule has 1 aromatic heterocycles. The fourth-order valence-electron chi connectivity index (χ4n) is 4.82. The molecule has 3 heterocycles. The zero-order chi connectivity index (χ0) is 27.4. The summed E-state index contributed by atoms with van der Waals surface area (Å²) in [6.07, 6.45) is 6.64. The maximum absolute atomic E-state index is 13.1. The number of carbonyl (C=O) groups excluding carboxylic acids is 2. The van der Waals surface area contributed by atoms with Gasteiger partial charge in [-0.3, -0.25) is 19.4 Å². The Balaban J connectivity index is 1.20. The summed E-state index contributed by atoms with van der Waals surface area (Å²) in [6, 6.07) is 16.2. The van der Waals surface area contributed by atoms with E-state index >= 15 is 0 Å². The second kappa shape index (κ2) is 11.5. The van der Waals surface area contributed by atoms with Gasteiger partial charge in [0.05, 0.1) is 5.69 Å². The zero-order valence-corrected chi connectivity index (χ0v) is 22.9. The average molecular weight is 529 g/mol. The number of fused-ring (bicyclic) bond motifs is 1. The molecule has 0 unspecified atom stereocenters. The number of benzene rings is 2. The molecule has 1 saturated heterocycles. The first-order chi connectivity index (χ1) is 18.8. The molecule has 204 valence electrons. The van der Waals surface area contributed by atoms with Crippen LogP contribution in [0.1, 0.15) is 54.7 Å². The fourth-order valence-corrected chi connectivity index (χ4v) is 4.82. The maximum Gasteiger partial charge on any atom is 0.275 e. The molecule has 5 rings (SSSR count). The number of aromatic nitrogens is 1. The fraction of sp³-hybridized carbons (Fsp3) is 0.387. The molecule has 3 aromatic rings. The lowest BCUT2D eigenvalue weighted by Crippen LogP contribution is -2.48. The minimum Gasteiger partial charge on any atom is -0.482 e. The lowest BCUT2D eigenvalue weighted by Gasteiger charge is -2.33. The number of nitrogens with zero attached hydrogens (tertiary/aromatic N) is 4. The summed E-state index contributed by atoms with van der Waals surface area (Å²) in [4.78, 5) is 36.2. The number of ether oxygens (including phenoxy) is 1. The predicted octanol–water partition coefficient (Wildman–Crippen LogP) is 4.76. The summed E-state index contributed by atoms with van der Waals surface area (Å²) in [6.45, 7) is 10.3. The Morgan fingerprint density at radius 2 is 1.85 bits per heavy atom. The molecule has 8 heteroatoms. The minimum absolute atomic E-state index is 0.0358. The molecule has 8 nitrogen and oxygen atoms in total. The van der Waals surface area contributed by atoms with E-state index in [1.165, 1.54) is 11.8 Å². The van der Waals surface area contributed by atoms with Gasteiger partial charge in [0.25, 0.3) is 11.8 Å². The van der Waals surface area contributed by atoms with Gasteiger partial charge in [-0.05, 0) is 35.1 Å². The molecule has 0 bridgehead atoms. The Hall–Kier alpha value is -3.91. The molecule has 0 atom stereocenters. The highest BCUT2D eigenvalue weighted by molar-refractivity contribution is 5.98. The van der Waals surface area contributed by atoms with Crippen LogP contribution >= 0.6 is 0 Å². The van der Waals surface area contributed by atoms with Gasteiger partial charge < -0.3 is 14.1 Å². The van der Waals surface area contributed by atoms with Crippen molar-refractivity contribution in [3.05, 3.63) is 83.6 Å². The van der Waals surface area contributed by atoms with Gasteiger partial charge in [0, 0.05) is 32.7 Å². The molecule has 0 aliphatic carbocycles. The smallest absolute Gasteiger partial charge is 0.275 e. The maximum atomic E-state index is 13.1. The third-order valence-corrected chi connectivity index (χ3v) is 7.76. The normalized spacial score (nSPS) is 16.4. The van der Waals surface area contributed by atoms with Crippen molar-refractivity contribution < 1.29 is 18.7 Å². The summed E-state index contributed by atoms with van der Waals surface area (Å²) in [7, 11) is 0. The van der Waals surface area contributed by atoms with E-state index in [9.17, 15) is 9.59 Å². The highest BCUT2D eigenvalue weighted by Crippen LogP contribution is 2.38. The number of anilines is 1. The first-order valence-corrected chi connectivity index (χ1v) is 13.6. The number of hydrogen-bond acceptors (Lipinski definition) is 6. The SMILES string of the molecule is CCC(C)(C)c1ccc2c(c1)N(Cc1nc(C(=O)N3CCN(CC=Cc4ccccc4)CC3)co1)C(=O)CO2. The van der Waals surface area contributed by atoms with E-state index < -0.39 is 0 Å². The Morgan fingerprint density at radius 3 is 2.59 bits per heavy atom. The van der Waals surface area contributed by atoms with Crippen LogP contribution in [0.2, 0.25) is 0 Å². The van der Waals surface area contributed by atoms with E-state index in [0.29, 0.717) is 30.4 Å². The van der Waals surface area contributed by atoms with E-state index in [1.54, 1.807) is 4.90 Å². The van der Waals surface area contributed by atoms with Crippen LogP contribution in [0.4, 0.5) is 5.69 Å². The van der Waals surface area contributed by atoms with E-state index in [0.717, 1.165) is 31.6 Å². The zero-order valence-electron chi connectivity index (χ0n) is 22.9. The van der Waals surface area contributed by atoms with Gasteiger partial charge in [-0.25, -0.2) is 4.98 Å². The number of rotatable bonds is 8. The minimum atomic E-state index is -0.169. The number of oxazole rings is 1. The number of piperazine rings is 1. The van der Waals surface area contributed by atoms with E-state index in [1.807, 2.05) is 35.2 Å². The van der Waals surface area contributed by atoms with Gasteiger partial charge in [-0.15, -0.1) is 0 Å². The van der Waals surface area contributed by atoms with Gasteiger partial charge in [0.2, 0.25) is 5.89 Å². The molecule has 2 aliphatic heterocycles. The van der Waals surface area contributed by atoms with Gasteiger partial charge in [0.1, 0.15) is 18.6 Å². The number of amides is 2. The molecule has 0 spiro atoms. The third-order valence-electron chi connectivity index (χ3n) is 7.76. The van der Waals surface area contributed by atoms with Crippen molar-refractivity contribution in [2.24, 2.45) is 0 Å². The number of hydrogen-bond donors (Lipinski definition) is 0. The van der Waals surface area contributed by atoms with Gasteiger partial charge >= 0.3 is 0 Å². The van der Waals surface area contributed by atoms with Crippen molar-refractivity contribution in [2.75, 3.05) is 44.2 Å². The molecule has 0 saturated carbocycles. The highest BCUT2D eigenvalue weighted by Gasteiger charge is 2.30. The molecule has 0 radical (unpaired) electrons. The Morgan fingerprint density at radius 1 is 1.08 bits per heavy atom. The average Bonchev–Trinajstić information content (AvgIpc) is 3.43. The lowest BCUT2D eigenvalue weighted by molar-refractivity contribution is -0.121. The van der Waals surface area contributed by atoms with Crippen LogP contribution in [0.25, 0.3) is 6.08 Å². The summed E-state index contributed by atoms with van der Waals surface area (Å²) < 4.78 is 11.3. The van der Waals surface area contributed by atoms with E-state index in [-0.39, 0.29) is 36.1 Å². The summed E-state index contributed by atoms with van der Waals surface area (Å²) in [5.41, 5.74) is 3.25. The Labute approximate surface area is 229 Å². The van der Waals surface area contributed by atoms with Crippen molar-refractivity contribution in [1.82, 2.24) is 14.8 Å². The van der Waals surface area contributed by atoms with Gasteiger partial charge in [0.15, 0.2) is 12.3 Å². The summed E-state index contributed by atoms with van der Waals surface area (Å²) in [5.74, 6) is 0.664. The molecule has 2 aromatic carbocycles. The quantitative estimate of drug-likeness (QED) is 0.420. The summed E-state index contributed by atoms with van der Waals surface area (Å²) in [5, 5.41) is 0. The van der Waals surface area contributed by atoms with Crippen molar-refractivity contribution in [1.29, 1.82) is 0 Å². The van der Waals surface area contributed by atoms with Crippen LogP contribution in [0.3, 0.4) is 0 Å². The van der Waals surface area contributed by atoms with E-state index in [4.69, 9.17) is 9.15 Å². The van der Waals surface area contributed by atoms with Crippen LogP contribution in [0, 0.1) is 0 Å². The van der Waals surface area contributed by atoms with Crippen LogP contribution in [0.5, 0.6) is 5.75 Å². The van der Waals surface area contributed by atoms with Gasteiger partial charge in [-0.1, -0.05) is 69.3 Å².